The third-order valence-electron chi connectivity index (χ3n) is 4.06. The summed E-state index contributed by atoms with van der Waals surface area (Å²) in [7, 11) is 1.66. The fourth-order valence-corrected chi connectivity index (χ4v) is 3.16. The van der Waals surface area contributed by atoms with Crippen LogP contribution in [-0.2, 0) is 11.8 Å². The first-order chi connectivity index (χ1) is 11.5. The first-order valence-electron chi connectivity index (χ1n) is 7.33. The molecule has 1 amide bonds. The zero-order valence-electron chi connectivity index (χ0n) is 12.7. The number of nitrogens with zero attached hydrogens (tertiary/aromatic N) is 2. The second-order valence-corrected chi connectivity index (χ2v) is 6.47. The molecule has 1 aliphatic heterocycles. The summed E-state index contributed by atoms with van der Waals surface area (Å²) in [6.07, 6.45) is 1.65. The quantitative estimate of drug-likeness (QED) is 0.658. The molecule has 0 atom stereocenters. The number of halogens is 1. The van der Waals surface area contributed by atoms with Gasteiger partial charge in [-0.3, -0.25) is 14.2 Å². The maximum Gasteiger partial charge on any atom is 0.261 e. The summed E-state index contributed by atoms with van der Waals surface area (Å²) in [4.78, 5) is 29.3. The van der Waals surface area contributed by atoms with Crippen LogP contribution in [-0.4, -0.2) is 15.5 Å². The second-order valence-electron chi connectivity index (χ2n) is 5.55. The highest BCUT2D eigenvalue weighted by atomic mass is 79.9. The van der Waals surface area contributed by atoms with Gasteiger partial charge in [0.25, 0.3) is 11.5 Å². The molecule has 2 aromatic carbocycles. The van der Waals surface area contributed by atoms with Crippen molar-refractivity contribution >= 4 is 50.1 Å². The summed E-state index contributed by atoms with van der Waals surface area (Å²) in [6.45, 7) is 0. The number of hydrogen-bond acceptors (Lipinski definition) is 3. The Hall–Kier alpha value is -2.73. The van der Waals surface area contributed by atoms with E-state index in [4.69, 9.17) is 0 Å². The molecule has 1 N–H and O–H groups in total. The van der Waals surface area contributed by atoms with Crippen molar-refractivity contribution in [2.24, 2.45) is 7.05 Å². The number of fused-ring (bicyclic) bond motifs is 2. The van der Waals surface area contributed by atoms with Crippen LogP contribution >= 0.6 is 15.9 Å². The number of carbonyl (C=O) groups is 1. The highest BCUT2D eigenvalue weighted by molar-refractivity contribution is 9.10. The number of nitrogens with one attached hydrogen (secondary N) is 1. The molecule has 118 valence electrons. The maximum atomic E-state index is 12.5. The number of benzene rings is 2. The van der Waals surface area contributed by atoms with Gasteiger partial charge in [-0.05, 0) is 36.4 Å². The van der Waals surface area contributed by atoms with Gasteiger partial charge in [0, 0.05) is 22.8 Å². The minimum atomic E-state index is -0.203. The predicted molar refractivity (Wildman–Crippen MR) is 97.6 cm³/mol. The van der Waals surface area contributed by atoms with Gasteiger partial charge in [-0.1, -0.05) is 28.1 Å². The largest absolute Gasteiger partial charge is 0.321 e. The van der Waals surface area contributed by atoms with E-state index in [1.165, 1.54) is 4.57 Å². The molecule has 0 saturated carbocycles. The SMILES string of the molecule is Cn1c(/C=C2\C(=O)Nc3ccc(Br)cc32)nc2ccccc2c1=O. The molecule has 1 aliphatic rings. The van der Waals surface area contributed by atoms with Crippen LogP contribution in [0.4, 0.5) is 5.69 Å². The normalized spacial score (nSPS) is 14.9. The minimum absolute atomic E-state index is 0.139. The molecule has 0 radical (unpaired) electrons. The van der Waals surface area contributed by atoms with Crippen LogP contribution in [0.1, 0.15) is 11.4 Å². The third kappa shape index (κ3) is 2.27. The van der Waals surface area contributed by atoms with Gasteiger partial charge in [0.15, 0.2) is 0 Å². The summed E-state index contributed by atoms with van der Waals surface area (Å²) in [6, 6.07) is 12.8. The average molecular weight is 382 g/mol. The topological polar surface area (TPSA) is 64.0 Å². The average Bonchev–Trinajstić information content (AvgIpc) is 2.88. The minimum Gasteiger partial charge on any atom is -0.321 e. The first kappa shape index (κ1) is 14.8. The lowest BCUT2D eigenvalue weighted by atomic mass is 10.1. The lowest BCUT2D eigenvalue weighted by molar-refractivity contribution is -0.110. The Bertz CT molecular complexity index is 1100. The molecule has 0 unspecified atom stereocenters. The highest BCUT2D eigenvalue weighted by Gasteiger charge is 2.24. The summed E-state index contributed by atoms with van der Waals surface area (Å²) < 4.78 is 2.34. The number of carbonyl (C=O) groups excluding carboxylic acids is 1. The summed E-state index contributed by atoms with van der Waals surface area (Å²) in [5.74, 6) is 0.238. The van der Waals surface area contributed by atoms with Gasteiger partial charge >= 0.3 is 0 Å². The Balaban J connectivity index is 1.96. The van der Waals surface area contributed by atoms with Gasteiger partial charge in [-0.2, -0.15) is 0 Å². The molecular formula is C18H12BrN3O2. The van der Waals surface area contributed by atoms with E-state index in [0.717, 1.165) is 15.7 Å². The van der Waals surface area contributed by atoms with Gasteiger partial charge in [-0.25, -0.2) is 4.98 Å². The second kappa shape index (κ2) is 5.42. The molecule has 1 aromatic heterocycles. The van der Waals surface area contributed by atoms with Gasteiger partial charge in [0.05, 0.1) is 16.5 Å². The number of hydrogen-bond donors (Lipinski definition) is 1. The highest BCUT2D eigenvalue weighted by Crippen LogP contribution is 2.34. The molecule has 0 saturated heterocycles. The molecule has 5 nitrogen and oxygen atoms in total. The Labute approximate surface area is 145 Å². The van der Waals surface area contributed by atoms with Crippen molar-refractivity contribution in [3.8, 4) is 0 Å². The Morgan fingerprint density at radius 3 is 2.79 bits per heavy atom. The zero-order chi connectivity index (χ0) is 16.8. The van der Waals surface area contributed by atoms with E-state index in [1.54, 1.807) is 25.3 Å². The first-order valence-corrected chi connectivity index (χ1v) is 8.12. The fourth-order valence-electron chi connectivity index (χ4n) is 2.80. The van der Waals surface area contributed by atoms with Crippen LogP contribution in [0.15, 0.2) is 51.7 Å². The van der Waals surface area contributed by atoms with Crippen LogP contribution in [0.3, 0.4) is 0 Å². The van der Waals surface area contributed by atoms with Crippen LogP contribution < -0.4 is 10.9 Å². The van der Waals surface area contributed by atoms with E-state index in [9.17, 15) is 9.59 Å². The van der Waals surface area contributed by atoms with Crippen molar-refractivity contribution in [3.63, 3.8) is 0 Å². The molecule has 0 spiro atoms. The molecular weight excluding hydrogens is 370 g/mol. The van der Waals surface area contributed by atoms with E-state index in [2.05, 4.69) is 26.2 Å². The van der Waals surface area contributed by atoms with Crippen molar-refractivity contribution in [3.05, 3.63) is 68.7 Å². The number of rotatable bonds is 1. The van der Waals surface area contributed by atoms with Crippen molar-refractivity contribution in [1.29, 1.82) is 0 Å². The van der Waals surface area contributed by atoms with Crippen LogP contribution in [0, 0.1) is 0 Å². The Kier molecular flexibility index (Phi) is 3.35. The van der Waals surface area contributed by atoms with Gasteiger partial charge in [0.1, 0.15) is 5.82 Å². The smallest absolute Gasteiger partial charge is 0.261 e. The molecule has 0 aliphatic carbocycles. The molecule has 0 fully saturated rings. The van der Waals surface area contributed by atoms with Crippen LogP contribution in [0.2, 0.25) is 0 Å². The van der Waals surface area contributed by atoms with E-state index >= 15 is 0 Å². The van der Waals surface area contributed by atoms with Gasteiger partial charge in [0.2, 0.25) is 0 Å². The molecule has 6 heteroatoms. The summed E-state index contributed by atoms with van der Waals surface area (Å²) in [5.41, 5.74) is 2.50. The molecule has 4 rings (SSSR count). The number of amides is 1. The van der Waals surface area contributed by atoms with E-state index < -0.39 is 0 Å². The Morgan fingerprint density at radius 1 is 1.17 bits per heavy atom. The standard InChI is InChI=1S/C18H12BrN3O2/c1-22-16(20-14-5-3-2-4-11(14)18(22)24)9-13-12-8-10(19)6-7-15(12)21-17(13)23/h2-9H,1H3,(H,21,23)/b13-9-. The van der Waals surface area contributed by atoms with E-state index in [-0.39, 0.29) is 11.5 Å². The summed E-state index contributed by atoms with van der Waals surface area (Å²) in [5, 5.41) is 3.38. The van der Waals surface area contributed by atoms with Crippen LogP contribution in [0.25, 0.3) is 22.6 Å². The molecule has 0 bridgehead atoms. The maximum absolute atomic E-state index is 12.5. The van der Waals surface area contributed by atoms with E-state index in [1.807, 2.05) is 30.3 Å². The zero-order valence-corrected chi connectivity index (χ0v) is 14.3. The van der Waals surface area contributed by atoms with Gasteiger partial charge < -0.3 is 5.32 Å². The van der Waals surface area contributed by atoms with Crippen molar-refractivity contribution in [2.45, 2.75) is 0 Å². The number of anilines is 1. The van der Waals surface area contributed by atoms with E-state index in [0.29, 0.717) is 22.3 Å². The monoisotopic (exact) mass is 381 g/mol. The molecule has 2 heterocycles. The van der Waals surface area contributed by atoms with Crippen molar-refractivity contribution < 1.29 is 4.79 Å². The molecule has 3 aromatic rings. The van der Waals surface area contributed by atoms with Crippen molar-refractivity contribution in [2.75, 3.05) is 5.32 Å². The third-order valence-corrected chi connectivity index (χ3v) is 4.55. The lowest BCUT2D eigenvalue weighted by Gasteiger charge is -2.06. The number of para-hydroxylation sites is 1. The molecule has 24 heavy (non-hydrogen) atoms. The number of aromatic nitrogens is 2. The van der Waals surface area contributed by atoms with Crippen LogP contribution in [0.5, 0.6) is 0 Å². The van der Waals surface area contributed by atoms with Crippen molar-refractivity contribution in [1.82, 2.24) is 9.55 Å². The predicted octanol–water partition coefficient (Wildman–Crippen LogP) is 3.19. The Morgan fingerprint density at radius 2 is 1.96 bits per heavy atom. The summed E-state index contributed by atoms with van der Waals surface area (Å²) >= 11 is 3.42. The fraction of sp³-hybridized carbons (Fsp3) is 0.0556. The lowest BCUT2D eigenvalue weighted by Crippen LogP contribution is -2.20. The van der Waals surface area contributed by atoms with Gasteiger partial charge in [-0.15, -0.1) is 0 Å².